The lowest BCUT2D eigenvalue weighted by molar-refractivity contribution is 0.274. The van der Waals surface area contributed by atoms with E-state index in [1.807, 2.05) is 6.07 Å². The van der Waals surface area contributed by atoms with Crippen molar-refractivity contribution >= 4 is 17.4 Å². The maximum atomic E-state index is 8.86. The molecule has 3 nitrogen and oxygen atoms in total. The van der Waals surface area contributed by atoms with Crippen LogP contribution in [0.3, 0.4) is 0 Å². The minimum Gasteiger partial charge on any atom is -0.369 e. The zero-order chi connectivity index (χ0) is 13.1. The van der Waals surface area contributed by atoms with Crippen LogP contribution in [0.1, 0.15) is 33.3 Å². The molecular weight excluding hydrogens is 234 g/mol. The Balaban J connectivity index is 2.74. The summed E-state index contributed by atoms with van der Waals surface area (Å²) in [4.78, 5) is 4.15. The first-order valence-electron chi connectivity index (χ1n) is 5.64. The van der Waals surface area contributed by atoms with Gasteiger partial charge in [-0.05, 0) is 17.4 Å². The Morgan fingerprint density at radius 2 is 2.18 bits per heavy atom. The monoisotopic (exact) mass is 251 g/mol. The van der Waals surface area contributed by atoms with Gasteiger partial charge in [0.2, 0.25) is 0 Å². The number of hydrogen-bond donors (Lipinski definition) is 1. The van der Waals surface area contributed by atoms with Gasteiger partial charge in [0.05, 0.1) is 5.56 Å². The maximum Gasteiger partial charge on any atom is 0.146 e. The van der Waals surface area contributed by atoms with Crippen molar-refractivity contribution in [2.75, 3.05) is 11.9 Å². The zero-order valence-electron chi connectivity index (χ0n) is 10.7. The number of anilines is 1. The van der Waals surface area contributed by atoms with E-state index in [-0.39, 0.29) is 5.41 Å². The van der Waals surface area contributed by atoms with Crippen LogP contribution in [0, 0.1) is 22.7 Å². The predicted octanol–water partition coefficient (Wildman–Crippen LogP) is 3.70. The van der Waals surface area contributed by atoms with E-state index in [1.54, 1.807) is 12.3 Å². The third-order valence-electron chi connectivity index (χ3n) is 3.06. The lowest BCUT2D eigenvalue weighted by Crippen LogP contribution is -2.25. The largest absolute Gasteiger partial charge is 0.369 e. The highest BCUT2D eigenvalue weighted by molar-refractivity contribution is 6.34. The third kappa shape index (κ3) is 3.61. The van der Waals surface area contributed by atoms with E-state index < -0.39 is 0 Å². The number of nitrogens with one attached hydrogen (secondary N) is 1. The molecule has 0 bridgehead atoms. The molecule has 1 unspecified atom stereocenters. The van der Waals surface area contributed by atoms with Crippen LogP contribution in [0.5, 0.6) is 0 Å². The molecule has 0 fully saturated rings. The number of halogens is 1. The second-order valence-electron chi connectivity index (χ2n) is 5.28. The van der Waals surface area contributed by atoms with Crippen LogP contribution in [-0.2, 0) is 0 Å². The Morgan fingerprint density at radius 3 is 2.71 bits per heavy atom. The molecule has 1 aromatic rings. The van der Waals surface area contributed by atoms with Gasteiger partial charge < -0.3 is 5.32 Å². The molecule has 17 heavy (non-hydrogen) atoms. The minimum absolute atomic E-state index is 0.228. The number of nitrogens with zero attached hydrogens (tertiary/aromatic N) is 2. The van der Waals surface area contributed by atoms with Gasteiger partial charge in [-0.3, -0.25) is 0 Å². The fourth-order valence-electron chi connectivity index (χ4n) is 1.21. The predicted molar refractivity (Wildman–Crippen MR) is 71.1 cm³/mol. The summed E-state index contributed by atoms with van der Waals surface area (Å²) in [5.41, 5.74) is 0.680. The molecular formula is C13H18ClN3. The highest BCUT2D eigenvalue weighted by Gasteiger charge is 2.20. The first-order valence-corrected chi connectivity index (χ1v) is 6.02. The third-order valence-corrected chi connectivity index (χ3v) is 3.45. The minimum atomic E-state index is 0.228. The fraction of sp³-hybridized carbons (Fsp3) is 0.538. The number of aromatic nitrogens is 1. The van der Waals surface area contributed by atoms with Crippen LogP contribution in [0.25, 0.3) is 0 Å². The van der Waals surface area contributed by atoms with Gasteiger partial charge in [0.15, 0.2) is 0 Å². The first kappa shape index (κ1) is 13.8. The number of nitriles is 1. The molecule has 1 aromatic heterocycles. The molecule has 0 aliphatic carbocycles. The molecule has 0 spiro atoms. The van der Waals surface area contributed by atoms with Crippen LogP contribution in [-0.4, -0.2) is 11.5 Å². The van der Waals surface area contributed by atoms with E-state index in [0.29, 0.717) is 22.3 Å². The number of pyridine rings is 1. The van der Waals surface area contributed by atoms with Crippen LogP contribution < -0.4 is 5.32 Å². The van der Waals surface area contributed by atoms with Crippen LogP contribution in [0.15, 0.2) is 12.3 Å². The Hall–Kier alpha value is -1.27. The fourth-order valence-corrected chi connectivity index (χ4v) is 1.43. The molecule has 1 atom stereocenters. The SMILES string of the molecule is CC(CNc1nccc(C#N)c1Cl)C(C)(C)C. The number of hydrogen-bond acceptors (Lipinski definition) is 3. The van der Waals surface area contributed by atoms with Gasteiger partial charge in [0.1, 0.15) is 16.9 Å². The Bertz CT molecular complexity index is 429. The van der Waals surface area contributed by atoms with Crippen molar-refractivity contribution in [1.29, 1.82) is 5.26 Å². The van der Waals surface area contributed by atoms with E-state index in [1.165, 1.54) is 0 Å². The summed E-state index contributed by atoms with van der Waals surface area (Å²) in [6.45, 7) is 9.54. The average Bonchev–Trinajstić information content (AvgIpc) is 2.26. The van der Waals surface area contributed by atoms with Crippen molar-refractivity contribution < 1.29 is 0 Å². The van der Waals surface area contributed by atoms with Crippen molar-refractivity contribution in [3.05, 3.63) is 22.8 Å². The van der Waals surface area contributed by atoms with Gasteiger partial charge in [-0.25, -0.2) is 4.98 Å². The van der Waals surface area contributed by atoms with Gasteiger partial charge in [0, 0.05) is 12.7 Å². The molecule has 0 aliphatic rings. The lowest BCUT2D eigenvalue weighted by atomic mass is 9.82. The second-order valence-corrected chi connectivity index (χ2v) is 5.66. The molecule has 1 rings (SSSR count). The summed E-state index contributed by atoms with van der Waals surface area (Å²) >= 11 is 6.06. The molecule has 0 amide bonds. The topological polar surface area (TPSA) is 48.7 Å². The maximum absolute atomic E-state index is 8.86. The van der Waals surface area contributed by atoms with Crippen molar-refractivity contribution in [3.63, 3.8) is 0 Å². The summed E-state index contributed by atoms with van der Waals surface area (Å²) in [6, 6.07) is 3.65. The molecule has 0 aliphatic heterocycles. The first-order chi connectivity index (χ1) is 7.86. The summed E-state index contributed by atoms with van der Waals surface area (Å²) in [6.07, 6.45) is 1.59. The smallest absolute Gasteiger partial charge is 0.146 e. The van der Waals surface area contributed by atoms with Gasteiger partial charge in [-0.2, -0.15) is 5.26 Å². The highest BCUT2D eigenvalue weighted by Crippen LogP contribution is 2.27. The van der Waals surface area contributed by atoms with Crippen LogP contribution in [0.2, 0.25) is 5.02 Å². The van der Waals surface area contributed by atoms with Crippen molar-refractivity contribution in [2.24, 2.45) is 11.3 Å². The van der Waals surface area contributed by atoms with Crippen LogP contribution in [0.4, 0.5) is 5.82 Å². The molecule has 0 radical (unpaired) electrons. The van der Waals surface area contributed by atoms with E-state index >= 15 is 0 Å². The zero-order valence-corrected chi connectivity index (χ0v) is 11.5. The molecule has 1 heterocycles. The standard InChI is InChI=1S/C13H18ClN3/c1-9(13(2,3)4)8-17-12-11(14)10(7-15)5-6-16-12/h5-6,9H,8H2,1-4H3,(H,16,17). The number of rotatable bonds is 3. The highest BCUT2D eigenvalue weighted by atomic mass is 35.5. The van der Waals surface area contributed by atoms with E-state index in [9.17, 15) is 0 Å². The summed E-state index contributed by atoms with van der Waals surface area (Å²) in [7, 11) is 0. The average molecular weight is 252 g/mol. The normalized spacial score (nSPS) is 12.9. The van der Waals surface area contributed by atoms with Crippen molar-refractivity contribution in [2.45, 2.75) is 27.7 Å². The quantitative estimate of drug-likeness (QED) is 0.891. The van der Waals surface area contributed by atoms with E-state index in [4.69, 9.17) is 16.9 Å². The van der Waals surface area contributed by atoms with Gasteiger partial charge in [-0.15, -0.1) is 0 Å². The lowest BCUT2D eigenvalue weighted by Gasteiger charge is -2.27. The Kier molecular flexibility index (Phi) is 4.36. The van der Waals surface area contributed by atoms with Crippen molar-refractivity contribution in [3.8, 4) is 6.07 Å². The molecule has 0 saturated carbocycles. The van der Waals surface area contributed by atoms with Crippen LogP contribution >= 0.6 is 11.6 Å². The Morgan fingerprint density at radius 1 is 1.53 bits per heavy atom. The molecule has 1 N–H and O–H groups in total. The molecule has 4 heteroatoms. The van der Waals surface area contributed by atoms with Gasteiger partial charge in [0.25, 0.3) is 0 Å². The van der Waals surface area contributed by atoms with E-state index in [2.05, 4.69) is 38.0 Å². The molecule has 0 saturated heterocycles. The summed E-state index contributed by atoms with van der Waals surface area (Å²) in [5.74, 6) is 1.06. The van der Waals surface area contributed by atoms with Crippen molar-refractivity contribution in [1.82, 2.24) is 4.98 Å². The molecule has 0 aromatic carbocycles. The Labute approximate surface area is 108 Å². The van der Waals surface area contributed by atoms with Gasteiger partial charge in [-0.1, -0.05) is 39.3 Å². The summed E-state index contributed by atoms with van der Waals surface area (Å²) in [5, 5.41) is 12.5. The van der Waals surface area contributed by atoms with E-state index in [0.717, 1.165) is 6.54 Å². The summed E-state index contributed by atoms with van der Waals surface area (Å²) < 4.78 is 0. The second kappa shape index (κ2) is 5.37. The van der Waals surface area contributed by atoms with Gasteiger partial charge >= 0.3 is 0 Å². The molecule has 92 valence electrons.